The molecule has 2 amide bonds. The van der Waals surface area contributed by atoms with E-state index >= 15 is 0 Å². The first-order valence-electron chi connectivity index (χ1n) is 6.60. The van der Waals surface area contributed by atoms with Gasteiger partial charge in [-0.05, 0) is 42.0 Å². The molecule has 3 N–H and O–H groups in total. The number of carbonyl (C=O) groups is 2. The Morgan fingerprint density at radius 2 is 2.20 bits per heavy atom. The van der Waals surface area contributed by atoms with Gasteiger partial charge in [-0.2, -0.15) is 0 Å². The first kappa shape index (κ1) is 14.1. The van der Waals surface area contributed by atoms with E-state index in [1.807, 2.05) is 0 Å². The fourth-order valence-electron chi connectivity index (χ4n) is 1.97. The van der Waals surface area contributed by atoms with Crippen molar-refractivity contribution in [3.05, 3.63) is 35.9 Å². The van der Waals surface area contributed by atoms with Crippen LogP contribution < -0.4 is 10.6 Å². The van der Waals surface area contributed by atoms with Gasteiger partial charge in [0.05, 0.1) is 0 Å². The Morgan fingerprint density at radius 1 is 1.45 bits per heavy atom. The summed E-state index contributed by atoms with van der Waals surface area (Å²) in [7, 11) is 0. The van der Waals surface area contributed by atoms with Crippen LogP contribution in [0.25, 0.3) is 6.08 Å². The SMILES string of the molecule is CC1CC1CNC(=O)Nc1cccc(/C=C/C(=O)O)c1. The Morgan fingerprint density at radius 3 is 2.85 bits per heavy atom. The molecule has 2 unspecified atom stereocenters. The Bertz CT molecular complexity index is 540. The maximum Gasteiger partial charge on any atom is 0.328 e. The van der Waals surface area contributed by atoms with Gasteiger partial charge in [0.25, 0.3) is 0 Å². The molecular weight excluding hydrogens is 256 g/mol. The standard InChI is InChI=1S/C15H18N2O3/c1-10-7-12(10)9-16-15(20)17-13-4-2-3-11(8-13)5-6-14(18)19/h2-6,8,10,12H,7,9H2,1H3,(H,18,19)(H2,16,17,20)/b6-5+. The Labute approximate surface area is 117 Å². The smallest absolute Gasteiger partial charge is 0.328 e. The number of carboxylic acids is 1. The molecule has 1 fully saturated rings. The zero-order valence-corrected chi connectivity index (χ0v) is 11.3. The number of urea groups is 1. The van der Waals surface area contributed by atoms with Gasteiger partial charge < -0.3 is 15.7 Å². The summed E-state index contributed by atoms with van der Waals surface area (Å²) in [6.45, 7) is 2.87. The third-order valence-corrected chi connectivity index (χ3v) is 3.36. The first-order chi connectivity index (χ1) is 9.54. The van der Waals surface area contributed by atoms with Gasteiger partial charge in [-0.1, -0.05) is 19.1 Å². The van der Waals surface area contributed by atoms with Crippen LogP contribution in [0.4, 0.5) is 10.5 Å². The van der Waals surface area contributed by atoms with Crippen molar-refractivity contribution in [1.82, 2.24) is 5.32 Å². The molecule has 5 nitrogen and oxygen atoms in total. The molecule has 5 heteroatoms. The number of amides is 2. The number of carbonyl (C=O) groups excluding carboxylic acids is 1. The predicted octanol–water partition coefficient (Wildman–Crippen LogP) is 2.56. The molecule has 2 rings (SSSR count). The van der Waals surface area contributed by atoms with Crippen molar-refractivity contribution in [2.24, 2.45) is 11.8 Å². The van der Waals surface area contributed by atoms with Gasteiger partial charge in [-0.3, -0.25) is 0 Å². The van der Waals surface area contributed by atoms with Crippen LogP contribution in [0.3, 0.4) is 0 Å². The second-order valence-corrected chi connectivity index (χ2v) is 5.11. The van der Waals surface area contributed by atoms with E-state index in [0.717, 1.165) is 11.6 Å². The maximum absolute atomic E-state index is 11.7. The fraction of sp³-hybridized carbons (Fsp3) is 0.333. The maximum atomic E-state index is 11.7. The second-order valence-electron chi connectivity index (χ2n) is 5.11. The summed E-state index contributed by atoms with van der Waals surface area (Å²) in [5.41, 5.74) is 1.36. The lowest BCUT2D eigenvalue weighted by atomic mass is 10.2. The summed E-state index contributed by atoms with van der Waals surface area (Å²) in [4.78, 5) is 22.1. The monoisotopic (exact) mass is 274 g/mol. The molecule has 0 aromatic heterocycles. The molecule has 0 spiro atoms. The van der Waals surface area contributed by atoms with Gasteiger partial charge in [-0.15, -0.1) is 0 Å². The number of aliphatic carboxylic acids is 1. The van der Waals surface area contributed by atoms with E-state index in [1.54, 1.807) is 24.3 Å². The van der Waals surface area contributed by atoms with Gasteiger partial charge in [0.1, 0.15) is 0 Å². The van der Waals surface area contributed by atoms with E-state index in [2.05, 4.69) is 17.6 Å². The van der Waals surface area contributed by atoms with Crippen LogP contribution in [0.5, 0.6) is 0 Å². The normalized spacial score (nSPS) is 20.6. The summed E-state index contributed by atoms with van der Waals surface area (Å²) in [6.07, 6.45) is 3.72. The molecule has 1 aromatic rings. The zero-order chi connectivity index (χ0) is 14.5. The van der Waals surface area contributed by atoms with Crippen molar-refractivity contribution >= 4 is 23.8 Å². The molecule has 1 saturated carbocycles. The van der Waals surface area contributed by atoms with Crippen LogP contribution >= 0.6 is 0 Å². The van der Waals surface area contributed by atoms with Crippen LogP contribution in [0.15, 0.2) is 30.3 Å². The number of hydrogen-bond donors (Lipinski definition) is 3. The summed E-state index contributed by atoms with van der Waals surface area (Å²) in [5.74, 6) is 0.310. The highest BCUT2D eigenvalue weighted by Gasteiger charge is 2.32. The van der Waals surface area contributed by atoms with E-state index in [0.29, 0.717) is 24.1 Å². The highest BCUT2D eigenvalue weighted by Crippen LogP contribution is 2.36. The van der Waals surface area contributed by atoms with Crippen molar-refractivity contribution in [3.63, 3.8) is 0 Å². The molecule has 0 heterocycles. The van der Waals surface area contributed by atoms with Crippen molar-refractivity contribution in [2.45, 2.75) is 13.3 Å². The van der Waals surface area contributed by atoms with Crippen LogP contribution in [-0.2, 0) is 4.79 Å². The van der Waals surface area contributed by atoms with Gasteiger partial charge >= 0.3 is 12.0 Å². The molecule has 1 aliphatic carbocycles. The second kappa shape index (κ2) is 6.23. The highest BCUT2D eigenvalue weighted by atomic mass is 16.4. The molecule has 106 valence electrons. The Hall–Kier alpha value is -2.30. The molecule has 20 heavy (non-hydrogen) atoms. The minimum absolute atomic E-state index is 0.233. The minimum atomic E-state index is -1.00. The molecule has 0 saturated heterocycles. The third-order valence-electron chi connectivity index (χ3n) is 3.36. The number of benzene rings is 1. The number of anilines is 1. The van der Waals surface area contributed by atoms with Crippen molar-refractivity contribution in [1.29, 1.82) is 0 Å². The van der Waals surface area contributed by atoms with Gasteiger partial charge in [-0.25, -0.2) is 9.59 Å². The van der Waals surface area contributed by atoms with Crippen molar-refractivity contribution in [2.75, 3.05) is 11.9 Å². The van der Waals surface area contributed by atoms with E-state index < -0.39 is 5.97 Å². The lowest BCUT2D eigenvalue weighted by Crippen LogP contribution is -2.30. The third kappa shape index (κ3) is 4.42. The van der Waals surface area contributed by atoms with Crippen LogP contribution in [0, 0.1) is 11.8 Å². The molecule has 0 aliphatic heterocycles. The van der Waals surface area contributed by atoms with Gasteiger partial charge in [0.15, 0.2) is 0 Å². The fourth-order valence-corrected chi connectivity index (χ4v) is 1.97. The molecule has 1 aromatic carbocycles. The lowest BCUT2D eigenvalue weighted by molar-refractivity contribution is -0.131. The predicted molar refractivity (Wildman–Crippen MR) is 77.4 cm³/mol. The highest BCUT2D eigenvalue weighted by molar-refractivity contribution is 5.90. The lowest BCUT2D eigenvalue weighted by Gasteiger charge is -2.07. The van der Waals surface area contributed by atoms with E-state index in [4.69, 9.17) is 5.11 Å². The molecule has 1 aliphatic rings. The van der Waals surface area contributed by atoms with E-state index in [1.165, 1.54) is 12.5 Å². The van der Waals surface area contributed by atoms with Crippen LogP contribution in [0.1, 0.15) is 18.9 Å². The first-order valence-corrected chi connectivity index (χ1v) is 6.60. The zero-order valence-electron chi connectivity index (χ0n) is 11.3. The Balaban J connectivity index is 1.86. The average Bonchev–Trinajstić information content (AvgIpc) is 3.10. The number of carboxylic acid groups (broad SMARTS) is 1. The molecule has 2 atom stereocenters. The largest absolute Gasteiger partial charge is 0.478 e. The summed E-state index contributed by atoms with van der Waals surface area (Å²) < 4.78 is 0. The molecular formula is C15H18N2O3. The summed E-state index contributed by atoms with van der Waals surface area (Å²) in [5, 5.41) is 14.1. The molecule has 0 radical (unpaired) electrons. The summed E-state index contributed by atoms with van der Waals surface area (Å²) in [6, 6.07) is 6.79. The average molecular weight is 274 g/mol. The summed E-state index contributed by atoms with van der Waals surface area (Å²) >= 11 is 0. The number of rotatable bonds is 5. The quantitative estimate of drug-likeness (QED) is 0.722. The van der Waals surface area contributed by atoms with Crippen molar-refractivity contribution < 1.29 is 14.7 Å². The molecule has 0 bridgehead atoms. The van der Waals surface area contributed by atoms with E-state index in [-0.39, 0.29) is 6.03 Å². The van der Waals surface area contributed by atoms with Crippen LogP contribution in [0.2, 0.25) is 0 Å². The van der Waals surface area contributed by atoms with Gasteiger partial charge in [0.2, 0.25) is 0 Å². The van der Waals surface area contributed by atoms with Gasteiger partial charge in [0, 0.05) is 18.3 Å². The van der Waals surface area contributed by atoms with E-state index in [9.17, 15) is 9.59 Å². The number of hydrogen-bond acceptors (Lipinski definition) is 2. The topological polar surface area (TPSA) is 78.4 Å². The number of nitrogens with one attached hydrogen (secondary N) is 2. The minimum Gasteiger partial charge on any atom is -0.478 e. The van der Waals surface area contributed by atoms with Crippen molar-refractivity contribution in [3.8, 4) is 0 Å². The Kier molecular flexibility index (Phi) is 4.40. The van der Waals surface area contributed by atoms with Crippen LogP contribution in [-0.4, -0.2) is 23.7 Å².